The van der Waals surface area contributed by atoms with Crippen molar-refractivity contribution in [3.63, 3.8) is 0 Å². The van der Waals surface area contributed by atoms with Gasteiger partial charge in [0, 0.05) is 19.1 Å². The average molecular weight is 231 g/mol. The molecule has 0 aromatic heterocycles. The topological polar surface area (TPSA) is 12.5 Å². The van der Waals surface area contributed by atoms with Crippen molar-refractivity contribution in [2.24, 2.45) is 0 Å². The second-order valence-corrected chi connectivity index (χ2v) is 4.82. The largest absolute Gasteiger partial charge is 0.497 e. The molecule has 0 bridgehead atoms. The van der Waals surface area contributed by atoms with Crippen molar-refractivity contribution in [3.05, 3.63) is 41.5 Å². The van der Waals surface area contributed by atoms with Crippen LogP contribution >= 0.6 is 0 Å². The number of hydrogen-bond acceptors (Lipinski definition) is 2. The maximum Gasteiger partial charge on any atom is 0.118 e. The standard InChI is InChI=1S/C15H21NO/c1-12-8-9-16(13(2)10-12)11-14-4-6-15(17-3)7-5-14/h4-7,10,13H,8-9,11H2,1-3H3. The van der Waals surface area contributed by atoms with Gasteiger partial charge in [0.2, 0.25) is 0 Å². The molecule has 1 atom stereocenters. The van der Waals surface area contributed by atoms with Crippen LogP contribution in [-0.4, -0.2) is 24.6 Å². The Bertz CT molecular complexity index is 394. The SMILES string of the molecule is COc1ccc(CN2CCC(C)=CC2C)cc1. The normalized spacial score (nSPS) is 21.1. The molecule has 2 nitrogen and oxygen atoms in total. The lowest BCUT2D eigenvalue weighted by atomic mass is 10.0. The van der Waals surface area contributed by atoms with E-state index in [9.17, 15) is 0 Å². The molecule has 1 aliphatic heterocycles. The molecule has 0 saturated carbocycles. The molecule has 2 heteroatoms. The summed E-state index contributed by atoms with van der Waals surface area (Å²) in [6.07, 6.45) is 3.56. The molecule has 0 saturated heterocycles. The van der Waals surface area contributed by atoms with Crippen LogP contribution in [-0.2, 0) is 6.54 Å². The van der Waals surface area contributed by atoms with E-state index in [-0.39, 0.29) is 0 Å². The van der Waals surface area contributed by atoms with E-state index in [0.29, 0.717) is 6.04 Å². The predicted molar refractivity (Wildman–Crippen MR) is 71.2 cm³/mol. The molecule has 17 heavy (non-hydrogen) atoms. The summed E-state index contributed by atoms with van der Waals surface area (Å²) in [6, 6.07) is 8.91. The lowest BCUT2D eigenvalue weighted by Crippen LogP contribution is -2.35. The van der Waals surface area contributed by atoms with E-state index in [0.717, 1.165) is 18.8 Å². The van der Waals surface area contributed by atoms with Crippen molar-refractivity contribution in [1.82, 2.24) is 4.90 Å². The van der Waals surface area contributed by atoms with Gasteiger partial charge < -0.3 is 4.74 Å². The highest BCUT2D eigenvalue weighted by molar-refractivity contribution is 5.27. The molecule has 1 aromatic carbocycles. The van der Waals surface area contributed by atoms with E-state index in [1.807, 2.05) is 12.1 Å². The molecule has 1 aromatic rings. The van der Waals surface area contributed by atoms with Gasteiger partial charge in [-0.15, -0.1) is 0 Å². The first-order valence-electron chi connectivity index (χ1n) is 6.23. The zero-order valence-corrected chi connectivity index (χ0v) is 10.9. The van der Waals surface area contributed by atoms with Gasteiger partial charge in [-0.05, 0) is 38.0 Å². The molecular formula is C15H21NO. The Kier molecular flexibility index (Phi) is 3.85. The van der Waals surface area contributed by atoms with Gasteiger partial charge in [-0.1, -0.05) is 23.8 Å². The average Bonchev–Trinajstić information content (AvgIpc) is 2.34. The van der Waals surface area contributed by atoms with Gasteiger partial charge in [0.25, 0.3) is 0 Å². The predicted octanol–water partition coefficient (Wildman–Crippen LogP) is 3.24. The van der Waals surface area contributed by atoms with Crippen LogP contribution in [0.15, 0.2) is 35.9 Å². The summed E-state index contributed by atoms with van der Waals surface area (Å²) in [5.74, 6) is 0.927. The molecule has 0 N–H and O–H groups in total. The van der Waals surface area contributed by atoms with Gasteiger partial charge >= 0.3 is 0 Å². The third-order valence-corrected chi connectivity index (χ3v) is 3.44. The molecule has 0 fully saturated rings. The number of nitrogens with zero attached hydrogens (tertiary/aromatic N) is 1. The minimum atomic E-state index is 0.547. The molecule has 0 aliphatic carbocycles. The van der Waals surface area contributed by atoms with Crippen molar-refractivity contribution >= 4 is 0 Å². The molecule has 1 unspecified atom stereocenters. The van der Waals surface area contributed by atoms with E-state index in [1.165, 1.54) is 17.6 Å². The van der Waals surface area contributed by atoms with E-state index in [1.54, 1.807) is 7.11 Å². The van der Waals surface area contributed by atoms with Crippen molar-refractivity contribution in [2.45, 2.75) is 32.9 Å². The van der Waals surface area contributed by atoms with Crippen LogP contribution in [0.5, 0.6) is 5.75 Å². The summed E-state index contributed by atoms with van der Waals surface area (Å²) < 4.78 is 5.17. The molecule has 1 aliphatic rings. The minimum Gasteiger partial charge on any atom is -0.497 e. The Labute approximate surface area is 104 Å². The maximum absolute atomic E-state index is 5.17. The van der Waals surface area contributed by atoms with Gasteiger partial charge in [-0.25, -0.2) is 0 Å². The van der Waals surface area contributed by atoms with Crippen LogP contribution in [0.2, 0.25) is 0 Å². The lowest BCUT2D eigenvalue weighted by molar-refractivity contribution is 0.223. The second kappa shape index (κ2) is 5.37. The van der Waals surface area contributed by atoms with Crippen LogP contribution in [0.4, 0.5) is 0 Å². The number of benzene rings is 1. The van der Waals surface area contributed by atoms with Crippen molar-refractivity contribution in [3.8, 4) is 5.75 Å². The lowest BCUT2D eigenvalue weighted by Gasteiger charge is -2.31. The fourth-order valence-electron chi connectivity index (χ4n) is 2.31. The van der Waals surface area contributed by atoms with Crippen molar-refractivity contribution < 1.29 is 4.74 Å². The van der Waals surface area contributed by atoms with Crippen LogP contribution in [0.25, 0.3) is 0 Å². The van der Waals surface area contributed by atoms with E-state index >= 15 is 0 Å². The Morgan fingerprint density at radius 2 is 2.00 bits per heavy atom. The Balaban J connectivity index is 2.01. The molecular weight excluding hydrogens is 210 g/mol. The first-order chi connectivity index (χ1) is 8.19. The molecule has 2 rings (SSSR count). The molecule has 0 spiro atoms. The third-order valence-electron chi connectivity index (χ3n) is 3.44. The molecule has 1 heterocycles. The highest BCUT2D eigenvalue weighted by Gasteiger charge is 2.16. The third kappa shape index (κ3) is 3.10. The summed E-state index contributed by atoms with van der Waals surface area (Å²) in [6.45, 7) is 6.68. The first-order valence-corrected chi connectivity index (χ1v) is 6.23. The second-order valence-electron chi connectivity index (χ2n) is 4.82. The fourth-order valence-corrected chi connectivity index (χ4v) is 2.31. The number of methoxy groups -OCH3 is 1. The Morgan fingerprint density at radius 1 is 1.29 bits per heavy atom. The Hall–Kier alpha value is -1.28. The minimum absolute atomic E-state index is 0.547. The molecule has 0 radical (unpaired) electrons. The van der Waals surface area contributed by atoms with Crippen LogP contribution in [0.1, 0.15) is 25.8 Å². The van der Waals surface area contributed by atoms with Gasteiger partial charge in [-0.2, -0.15) is 0 Å². The molecule has 92 valence electrons. The Morgan fingerprint density at radius 3 is 2.59 bits per heavy atom. The monoisotopic (exact) mass is 231 g/mol. The number of rotatable bonds is 3. The van der Waals surface area contributed by atoms with Crippen LogP contribution < -0.4 is 4.74 Å². The summed E-state index contributed by atoms with van der Waals surface area (Å²) in [5, 5.41) is 0. The maximum atomic E-state index is 5.17. The quantitative estimate of drug-likeness (QED) is 0.740. The highest BCUT2D eigenvalue weighted by atomic mass is 16.5. The highest BCUT2D eigenvalue weighted by Crippen LogP contribution is 2.19. The van der Waals surface area contributed by atoms with E-state index in [2.05, 4.69) is 37.0 Å². The van der Waals surface area contributed by atoms with E-state index in [4.69, 9.17) is 4.74 Å². The summed E-state index contributed by atoms with van der Waals surface area (Å²) in [5.41, 5.74) is 2.87. The zero-order valence-electron chi connectivity index (χ0n) is 10.9. The van der Waals surface area contributed by atoms with Gasteiger partial charge in [-0.3, -0.25) is 4.90 Å². The van der Waals surface area contributed by atoms with Crippen molar-refractivity contribution in [1.29, 1.82) is 0 Å². The number of ether oxygens (including phenoxy) is 1. The number of hydrogen-bond donors (Lipinski definition) is 0. The smallest absolute Gasteiger partial charge is 0.118 e. The molecule has 0 amide bonds. The summed E-state index contributed by atoms with van der Waals surface area (Å²) >= 11 is 0. The van der Waals surface area contributed by atoms with Crippen LogP contribution in [0, 0.1) is 0 Å². The van der Waals surface area contributed by atoms with Gasteiger partial charge in [0.15, 0.2) is 0 Å². The van der Waals surface area contributed by atoms with E-state index < -0.39 is 0 Å². The summed E-state index contributed by atoms with van der Waals surface area (Å²) in [7, 11) is 1.70. The first kappa shape index (κ1) is 12.2. The van der Waals surface area contributed by atoms with Gasteiger partial charge in [0.1, 0.15) is 5.75 Å². The fraction of sp³-hybridized carbons (Fsp3) is 0.467. The van der Waals surface area contributed by atoms with Gasteiger partial charge in [0.05, 0.1) is 7.11 Å². The summed E-state index contributed by atoms with van der Waals surface area (Å²) in [4.78, 5) is 2.51. The van der Waals surface area contributed by atoms with Crippen molar-refractivity contribution in [2.75, 3.05) is 13.7 Å². The van der Waals surface area contributed by atoms with Crippen LogP contribution in [0.3, 0.4) is 0 Å². The zero-order chi connectivity index (χ0) is 12.3.